The van der Waals surface area contributed by atoms with Gasteiger partial charge in [0.15, 0.2) is 0 Å². The Morgan fingerprint density at radius 3 is 2.48 bits per heavy atom. The zero-order valence-corrected chi connectivity index (χ0v) is 25.6. The number of halogens is 1. The van der Waals surface area contributed by atoms with Crippen LogP contribution in [0.2, 0.25) is 5.02 Å². The molecular formula is C32H46ClN3O4. The highest BCUT2D eigenvalue weighted by molar-refractivity contribution is 6.32. The number of nitrogens with zero attached hydrogens (tertiary/aromatic N) is 1. The number of aromatic nitrogens is 1. The third kappa shape index (κ3) is 7.29. The number of morpholine rings is 1. The summed E-state index contributed by atoms with van der Waals surface area (Å²) in [5, 5.41) is 3.45. The van der Waals surface area contributed by atoms with Gasteiger partial charge in [-0.1, -0.05) is 31.4 Å². The van der Waals surface area contributed by atoms with Crippen LogP contribution in [0.15, 0.2) is 16.9 Å². The number of hydrogen-bond acceptors (Lipinski definition) is 5. The van der Waals surface area contributed by atoms with Crippen molar-refractivity contribution in [2.75, 3.05) is 26.3 Å². The van der Waals surface area contributed by atoms with Crippen LogP contribution in [-0.4, -0.2) is 54.2 Å². The minimum atomic E-state index is -0.264. The minimum Gasteiger partial charge on any atom is -0.490 e. The maximum atomic E-state index is 13.3. The number of rotatable bonds is 10. The number of ether oxygens (including phenoxy) is 2. The Bertz CT molecular complexity index is 1230. The van der Waals surface area contributed by atoms with Gasteiger partial charge in [0.25, 0.3) is 11.5 Å². The summed E-state index contributed by atoms with van der Waals surface area (Å²) in [4.78, 5) is 31.2. The van der Waals surface area contributed by atoms with E-state index < -0.39 is 0 Å². The summed E-state index contributed by atoms with van der Waals surface area (Å²) in [6.45, 7) is 13.7. The van der Waals surface area contributed by atoms with Gasteiger partial charge in [0.05, 0.1) is 13.2 Å². The molecule has 1 saturated carbocycles. The lowest BCUT2D eigenvalue weighted by molar-refractivity contribution is -0.00321. The number of aromatic amines is 1. The lowest BCUT2D eigenvalue weighted by atomic mass is 9.80. The van der Waals surface area contributed by atoms with Gasteiger partial charge in [0.1, 0.15) is 11.9 Å². The molecule has 2 N–H and O–H groups in total. The van der Waals surface area contributed by atoms with Crippen LogP contribution in [0.4, 0.5) is 0 Å². The van der Waals surface area contributed by atoms with Crippen molar-refractivity contribution >= 4 is 17.5 Å². The molecule has 1 aromatic carbocycles. The van der Waals surface area contributed by atoms with E-state index >= 15 is 0 Å². The molecule has 2 aromatic rings. The number of benzene rings is 1. The molecule has 1 amide bonds. The van der Waals surface area contributed by atoms with Crippen molar-refractivity contribution < 1.29 is 14.3 Å². The Morgan fingerprint density at radius 2 is 1.82 bits per heavy atom. The fourth-order valence-corrected chi connectivity index (χ4v) is 6.56. The summed E-state index contributed by atoms with van der Waals surface area (Å²) >= 11 is 6.67. The third-order valence-corrected chi connectivity index (χ3v) is 9.21. The standard InChI is InChI=1S/C32H46ClN3O4/c1-6-7-8-29(24-9-11-25(12-10-24)36-13-15-39-16-14-36)40-30-22(4)26(18-28(33)23(30)5)31(37)34-19-27-20(2)17-21(3)35-32(27)38/h17-18,24-25,29H,6-16,19H2,1-5H3,(H,34,37)(H,35,38). The van der Waals surface area contributed by atoms with Gasteiger partial charge in [-0.25, -0.2) is 0 Å². The van der Waals surface area contributed by atoms with Crippen LogP contribution in [0.5, 0.6) is 5.75 Å². The number of amides is 1. The predicted molar refractivity (Wildman–Crippen MR) is 161 cm³/mol. The minimum absolute atomic E-state index is 0.0890. The molecule has 1 atom stereocenters. The normalized spacial score (nSPS) is 20.8. The van der Waals surface area contributed by atoms with E-state index in [2.05, 4.69) is 22.1 Å². The average Bonchev–Trinajstić information content (AvgIpc) is 2.94. The monoisotopic (exact) mass is 571 g/mol. The predicted octanol–water partition coefficient (Wildman–Crippen LogP) is 6.02. The average molecular weight is 572 g/mol. The van der Waals surface area contributed by atoms with E-state index in [-0.39, 0.29) is 24.1 Å². The molecule has 1 unspecified atom stereocenters. The van der Waals surface area contributed by atoms with Crippen LogP contribution in [0.3, 0.4) is 0 Å². The first-order chi connectivity index (χ1) is 19.2. The second kappa shape index (κ2) is 14.0. The molecule has 40 heavy (non-hydrogen) atoms. The molecule has 2 heterocycles. The van der Waals surface area contributed by atoms with Crippen molar-refractivity contribution in [2.24, 2.45) is 5.92 Å². The Hall–Kier alpha value is -2.35. The van der Waals surface area contributed by atoms with Crippen molar-refractivity contribution in [1.29, 1.82) is 0 Å². The van der Waals surface area contributed by atoms with Gasteiger partial charge in [-0.3, -0.25) is 14.5 Å². The van der Waals surface area contributed by atoms with Crippen molar-refractivity contribution in [1.82, 2.24) is 15.2 Å². The molecule has 1 aliphatic carbocycles. The Labute approximate surface area is 244 Å². The number of H-pyrrole nitrogens is 1. The van der Waals surface area contributed by atoms with Crippen molar-refractivity contribution in [3.8, 4) is 5.75 Å². The summed E-state index contributed by atoms with van der Waals surface area (Å²) in [6, 6.07) is 4.27. The van der Waals surface area contributed by atoms with Crippen molar-refractivity contribution in [2.45, 2.75) is 98.3 Å². The maximum Gasteiger partial charge on any atom is 0.253 e. The lowest BCUT2D eigenvalue weighted by Gasteiger charge is -2.40. The summed E-state index contributed by atoms with van der Waals surface area (Å²) in [5.74, 6) is 0.938. The van der Waals surface area contributed by atoms with E-state index in [1.165, 1.54) is 12.8 Å². The second-order valence-corrected chi connectivity index (χ2v) is 12.0. The van der Waals surface area contributed by atoms with E-state index in [1.54, 1.807) is 6.07 Å². The third-order valence-electron chi connectivity index (χ3n) is 8.82. The molecular weight excluding hydrogens is 526 g/mol. The largest absolute Gasteiger partial charge is 0.490 e. The van der Waals surface area contributed by atoms with Gasteiger partial charge in [0, 0.05) is 58.6 Å². The number of nitrogens with one attached hydrogen (secondary N) is 2. The zero-order valence-electron chi connectivity index (χ0n) is 24.8. The summed E-state index contributed by atoms with van der Waals surface area (Å²) in [6.07, 6.45) is 7.97. The number of aryl methyl sites for hydroxylation is 2. The van der Waals surface area contributed by atoms with Crippen LogP contribution in [-0.2, 0) is 11.3 Å². The van der Waals surface area contributed by atoms with Crippen LogP contribution in [0.25, 0.3) is 0 Å². The van der Waals surface area contributed by atoms with Crippen LogP contribution in [0.1, 0.15) is 90.2 Å². The van der Waals surface area contributed by atoms with Gasteiger partial charge in [0.2, 0.25) is 0 Å². The second-order valence-electron chi connectivity index (χ2n) is 11.6. The molecule has 1 saturated heterocycles. The Balaban J connectivity index is 1.49. The number of unbranched alkanes of at least 4 members (excludes halogenated alkanes) is 1. The molecule has 4 rings (SSSR count). The fourth-order valence-electron chi connectivity index (χ4n) is 6.36. The fraction of sp³-hybridized carbons (Fsp3) is 0.625. The van der Waals surface area contributed by atoms with E-state index in [9.17, 15) is 9.59 Å². The van der Waals surface area contributed by atoms with E-state index in [0.29, 0.717) is 28.1 Å². The van der Waals surface area contributed by atoms with Gasteiger partial charge >= 0.3 is 0 Å². The Kier molecular flexibility index (Phi) is 10.7. The van der Waals surface area contributed by atoms with Crippen molar-refractivity contribution in [3.63, 3.8) is 0 Å². The molecule has 0 radical (unpaired) electrons. The highest BCUT2D eigenvalue weighted by Crippen LogP contribution is 2.38. The summed E-state index contributed by atoms with van der Waals surface area (Å²) in [5.41, 5.74) is 4.17. The zero-order chi connectivity index (χ0) is 28.8. The van der Waals surface area contributed by atoms with Crippen molar-refractivity contribution in [3.05, 3.63) is 61.0 Å². The van der Waals surface area contributed by atoms with Crippen LogP contribution in [0, 0.1) is 33.6 Å². The number of pyridine rings is 1. The molecule has 0 spiro atoms. The highest BCUT2D eigenvalue weighted by Gasteiger charge is 2.32. The molecule has 0 bridgehead atoms. The lowest BCUT2D eigenvalue weighted by Crippen LogP contribution is -2.46. The van der Waals surface area contributed by atoms with Crippen LogP contribution < -0.4 is 15.6 Å². The number of hydrogen-bond donors (Lipinski definition) is 2. The first-order valence-electron chi connectivity index (χ1n) is 14.9. The molecule has 1 aromatic heterocycles. The van der Waals surface area contributed by atoms with E-state index in [0.717, 1.165) is 86.5 Å². The SMILES string of the molecule is CCCCC(Oc1c(C)c(Cl)cc(C(=O)NCc2c(C)cc(C)[nH]c2=O)c1C)C1CCC(N2CCOCC2)CC1. The molecule has 7 nitrogen and oxygen atoms in total. The van der Waals surface area contributed by atoms with E-state index in [1.807, 2.05) is 33.8 Å². The van der Waals surface area contributed by atoms with Gasteiger partial charge in [-0.05, 0) is 83.4 Å². The molecule has 1 aliphatic heterocycles. The summed E-state index contributed by atoms with van der Waals surface area (Å²) < 4.78 is 12.4. The van der Waals surface area contributed by atoms with Crippen LogP contribution >= 0.6 is 11.6 Å². The van der Waals surface area contributed by atoms with Gasteiger partial charge < -0.3 is 19.8 Å². The quantitative estimate of drug-likeness (QED) is 0.364. The Morgan fingerprint density at radius 1 is 1.12 bits per heavy atom. The number of carbonyl (C=O) groups is 1. The number of carbonyl (C=O) groups excluding carboxylic acids is 1. The first kappa shape index (κ1) is 30.6. The van der Waals surface area contributed by atoms with Gasteiger partial charge in [-0.15, -0.1) is 0 Å². The molecule has 2 fully saturated rings. The highest BCUT2D eigenvalue weighted by atomic mass is 35.5. The van der Waals surface area contributed by atoms with Gasteiger partial charge in [-0.2, -0.15) is 0 Å². The first-order valence-corrected chi connectivity index (χ1v) is 15.3. The molecule has 8 heteroatoms. The molecule has 2 aliphatic rings. The topological polar surface area (TPSA) is 83.7 Å². The van der Waals surface area contributed by atoms with E-state index in [4.69, 9.17) is 21.1 Å². The smallest absolute Gasteiger partial charge is 0.253 e. The summed E-state index contributed by atoms with van der Waals surface area (Å²) in [7, 11) is 0. The maximum absolute atomic E-state index is 13.3. The molecule has 220 valence electrons.